The summed E-state index contributed by atoms with van der Waals surface area (Å²) >= 11 is 0. The minimum atomic E-state index is -0.434. The van der Waals surface area contributed by atoms with Crippen molar-refractivity contribution < 1.29 is 14.6 Å². The van der Waals surface area contributed by atoms with Gasteiger partial charge in [-0.05, 0) is 27.7 Å². The van der Waals surface area contributed by atoms with Crippen molar-refractivity contribution in [1.29, 1.82) is 0 Å². The molecular weight excluding hydrogens is 156 g/mol. The second-order valence-corrected chi connectivity index (χ2v) is 3.23. The van der Waals surface area contributed by atoms with Crippen molar-refractivity contribution in [3.8, 4) is 0 Å². The molecule has 0 heterocycles. The van der Waals surface area contributed by atoms with Gasteiger partial charge in [0.2, 0.25) is 0 Å². The highest BCUT2D eigenvalue weighted by atomic mass is 16.5. The first-order valence-corrected chi connectivity index (χ1v) is 4.35. The van der Waals surface area contributed by atoms with Crippen molar-refractivity contribution in [3.05, 3.63) is 0 Å². The van der Waals surface area contributed by atoms with E-state index in [4.69, 9.17) is 14.6 Å². The van der Waals surface area contributed by atoms with Crippen molar-refractivity contribution in [2.75, 3.05) is 7.11 Å². The molecular formula is C9H20O3. The van der Waals surface area contributed by atoms with Crippen LogP contribution in [0.5, 0.6) is 0 Å². The lowest BCUT2D eigenvalue weighted by atomic mass is 10.2. The molecule has 12 heavy (non-hydrogen) atoms. The molecule has 3 nitrogen and oxygen atoms in total. The lowest BCUT2D eigenvalue weighted by Gasteiger charge is -2.24. The highest BCUT2D eigenvalue weighted by Gasteiger charge is 2.17. The third-order valence-corrected chi connectivity index (χ3v) is 2.14. The van der Waals surface area contributed by atoms with Gasteiger partial charge in [-0.1, -0.05) is 0 Å². The summed E-state index contributed by atoms with van der Waals surface area (Å²) in [4.78, 5) is 0. The smallest absolute Gasteiger partial charge is 0.0810 e. The van der Waals surface area contributed by atoms with E-state index >= 15 is 0 Å². The molecule has 0 bridgehead atoms. The first kappa shape index (κ1) is 11.9. The maximum absolute atomic E-state index is 9.16. The molecule has 0 saturated carbocycles. The molecule has 0 aromatic heterocycles. The van der Waals surface area contributed by atoms with Gasteiger partial charge >= 0.3 is 0 Å². The molecule has 0 aliphatic heterocycles. The minimum absolute atomic E-state index is 0.0135. The monoisotopic (exact) mass is 176 g/mol. The van der Waals surface area contributed by atoms with Gasteiger partial charge in [0.25, 0.3) is 0 Å². The van der Waals surface area contributed by atoms with Crippen LogP contribution in [0.4, 0.5) is 0 Å². The van der Waals surface area contributed by atoms with Crippen molar-refractivity contribution in [2.24, 2.45) is 0 Å². The van der Waals surface area contributed by atoms with E-state index in [-0.39, 0.29) is 18.3 Å². The molecule has 0 rings (SSSR count). The van der Waals surface area contributed by atoms with Gasteiger partial charge in [0.1, 0.15) is 0 Å². The van der Waals surface area contributed by atoms with Crippen LogP contribution in [0, 0.1) is 0 Å². The zero-order chi connectivity index (χ0) is 9.72. The molecule has 0 fully saturated rings. The Labute approximate surface area is 74.7 Å². The lowest BCUT2D eigenvalue weighted by Crippen LogP contribution is -2.33. The fourth-order valence-corrected chi connectivity index (χ4v) is 0.755. The van der Waals surface area contributed by atoms with Crippen molar-refractivity contribution in [3.63, 3.8) is 0 Å². The summed E-state index contributed by atoms with van der Waals surface area (Å²) in [6.07, 6.45) is -0.500. The molecule has 0 aliphatic rings. The molecule has 0 aromatic rings. The summed E-state index contributed by atoms with van der Waals surface area (Å²) < 4.78 is 10.6. The van der Waals surface area contributed by atoms with Crippen LogP contribution in [0.2, 0.25) is 0 Å². The Morgan fingerprint density at radius 2 is 1.42 bits per heavy atom. The molecule has 4 atom stereocenters. The predicted octanol–water partition coefficient (Wildman–Crippen LogP) is 1.20. The number of ether oxygens (including phenoxy) is 2. The fraction of sp³-hybridized carbons (Fsp3) is 1.00. The molecule has 0 amide bonds. The molecule has 0 spiro atoms. The molecule has 1 N–H and O–H groups in total. The van der Waals surface area contributed by atoms with Crippen molar-refractivity contribution >= 4 is 0 Å². The average Bonchev–Trinajstić information content (AvgIpc) is 2.02. The van der Waals surface area contributed by atoms with E-state index in [1.807, 2.05) is 20.8 Å². The van der Waals surface area contributed by atoms with E-state index in [1.54, 1.807) is 14.0 Å². The van der Waals surface area contributed by atoms with Gasteiger partial charge in [0.15, 0.2) is 0 Å². The maximum atomic E-state index is 9.16. The quantitative estimate of drug-likeness (QED) is 0.684. The second kappa shape index (κ2) is 5.51. The van der Waals surface area contributed by atoms with E-state index in [1.165, 1.54) is 0 Å². The third kappa shape index (κ3) is 4.04. The number of hydrogen-bond donors (Lipinski definition) is 1. The third-order valence-electron chi connectivity index (χ3n) is 2.14. The SMILES string of the molecule is COC(C)C(C)OC(C)C(C)O. The van der Waals surface area contributed by atoms with E-state index in [0.717, 1.165) is 0 Å². The summed E-state index contributed by atoms with van der Waals surface area (Å²) in [5.74, 6) is 0. The largest absolute Gasteiger partial charge is 0.391 e. The number of hydrogen-bond acceptors (Lipinski definition) is 3. The zero-order valence-corrected chi connectivity index (χ0v) is 8.57. The molecule has 0 aromatic carbocycles. The van der Waals surface area contributed by atoms with Gasteiger partial charge in [-0.15, -0.1) is 0 Å². The normalized spacial score (nSPS) is 21.5. The summed E-state index contributed by atoms with van der Waals surface area (Å²) in [6, 6.07) is 0. The van der Waals surface area contributed by atoms with Crippen LogP contribution in [-0.2, 0) is 9.47 Å². The first-order valence-electron chi connectivity index (χ1n) is 4.35. The highest BCUT2D eigenvalue weighted by molar-refractivity contribution is 4.65. The second-order valence-electron chi connectivity index (χ2n) is 3.23. The van der Waals surface area contributed by atoms with Crippen LogP contribution in [0.15, 0.2) is 0 Å². The standard InChI is InChI=1S/C9H20O3/c1-6(10)7(2)12-9(4)8(3)11-5/h6-10H,1-5H3. The summed E-state index contributed by atoms with van der Waals surface area (Å²) in [6.45, 7) is 7.45. The van der Waals surface area contributed by atoms with Gasteiger partial charge in [-0.3, -0.25) is 0 Å². The van der Waals surface area contributed by atoms with Gasteiger partial charge in [0.05, 0.1) is 24.4 Å². The topological polar surface area (TPSA) is 38.7 Å². The van der Waals surface area contributed by atoms with Crippen LogP contribution in [-0.4, -0.2) is 36.6 Å². The Kier molecular flexibility index (Phi) is 5.46. The van der Waals surface area contributed by atoms with Gasteiger partial charge in [-0.2, -0.15) is 0 Å². The average molecular weight is 176 g/mol. The Bertz CT molecular complexity index is 114. The summed E-state index contributed by atoms with van der Waals surface area (Å²) in [7, 11) is 1.65. The Hall–Kier alpha value is -0.120. The fourth-order valence-electron chi connectivity index (χ4n) is 0.755. The Balaban J connectivity index is 3.75. The number of rotatable bonds is 5. The van der Waals surface area contributed by atoms with Crippen LogP contribution in [0.3, 0.4) is 0 Å². The van der Waals surface area contributed by atoms with Gasteiger partial charge < -0.3 is 14.6 Å². The molecule has 3 heteroatoms. The van der Waals surface area contributed by atoms with Gasteiger partial charge in [0, 0.05) is 7.11 Å². The van der Waals surface area contributed by atoms with Crippen molar-refractivity contribution in [1.82, 2.24) is 0 Å². The Morgan fingerprint density at radius 3 is 1.75 bits per heavy atom. The number of methoxy groups -OCH3 is 1. The first-order chi connectivity index (χ1) is 5.49. The van der Waals surface area contributed by atoms with Crippen molar-refractivity contribution in [2.45, 2.75) is 52.1 Å². The van der Waals surface area contributed by atoms with Crippen LogP contribution in [0.25, 0.3) is 0 Å². The number of aliphatic hydroxyl groups excluding tert-OH is 1. The molecule has 74 valence electrons. The zero-order valence-electron chi connectivity index (χ0n) is 8.57. The number of aliphatic hydroxyl groups is 1. The maximum Gasteiger partial charge on any atom is 0.0810 e. The molecule has 0 radical (unpaired) electrons. The molecule has 4 unspecified atom stereocenters. The van der Waals surface area contributed by atoms with E-state index in [0.29, 0.717) is 0 Å². The molecule has 0 aliphatic carbocycles. The lowest BCUT2D eigenvalue weighted by molar-refractivity contribution is -0.101. The highest BCUT2D eigenvalue weighted by Crippen LogP contribution is 2.07. The van der Waals surface area contributed by atoms with E-state index in [2.05, 4.69) is 0 Å². The minimum Gasteiger partial charge on any atom is -0.391 e. The predicted molar refractivity (Wildman–Crippen MR) is 48.2 cm³/mol. The molecule has 0 saturated heterocycles. The van der Waals surface area contributed by atoms with Gasteiger partial charge in [-0.25, -0.2) is 0 Å². The van der Waals surface area contributed by atoms with E-state index < -0.39 is 6.10 Å². The van der Waals surface area contributed by atoms with Crippen LogP contribution in [0.1, 0.15) is 27.7 Å². The summed E-state index contributed by atoms with van der Waals surface area (Å²) in [5, 5.41) is 9.16. The summed E-state index contributed by atoms with van der Waals surface area (Å²) in [5.41, 5.74) is 0. The van der Waals surface area contributed by atoms with Crippen LogP contribution < -0.4 is 0 Å². The Morgan fingerprint density at radius 1 is 0.917 bits per heavy atom. The van der Waals surface area contributed by atoms with E-state index in [9.17, 15) is 0 Å². The van der Waals surface area contributed by atoms with Crippen LogP contribution >= 0.6 is 0 Å².